The SMILES string of the molecule is CC1CNC(C)N2N[C@H](C)NC12. The maximum atomic E-state index is 3.51. The zero-order valence-electron chi connectivity index (χ0n) is 7.96. The van der Waals surface area contributed by atoms with Crippen LogP contribution in [0.5, 0.6) is 0 Å². The Balaban J connectivity index is 2.09. The maximum absolute atomic E-state index is 3.51. The van der Waals surface area contributed by atoms with E-state index in [2.05, 4.69) is 41.8 Å². The molecule has 2 rings (SSSR count). The fourth-order valence-electron chi connectivity index (χ4n) is 2.04. The molecule has 2 aliphatic rings. The van der Waals surface area contributed by atoms with Crippen LogP contribution < -0.4 is 16.1 Å². The van der Waals surface area contributed by atoms with Crippen molar-refractivity contribution in [2.75, 3.05) is 6.54 Å². The molecule has 0 bridgehead atoms. The standard InChI is InChI=1S/C8H18N4/c1-5-4-9-7(3)12-8(5)10-6(2)11-12/h5-11H,4H2,1-3H3/t5?,6-,7?,8?/m1/s1. The van der Waals surface area contributed by atoms with E-state index in [0.717, 1.165) is 6.54 Å². The topological polar surface area (TPSA) is 39.3 Å². The van der Waals surface area contributed by atoms with Gasteiger partial charge in [-0.05, 0) is 19.8 Å². The summed E-state index contributed by atoms with van der Waals surface area (Å²) >= 11 is 0. The fraction of sp³-hybridized carbons (Fsp3) is 1.00. The normalized spacial score (nSPS) is 49.2. The molecule has 0 radical (unpaired) electrons. The number of hydrazine groups is 1. The molecule has 0 aliphatic carbocycles. The quantitative estimate of drug-likeness (QED) is 0.465. The van der Waals surface area contributed by atoms with Gasteiger partial charge in [0.25, 0.3) is 0 Å². The summed E-state index contributed by atoms with van der Waals surface area (Å²) in [5, 5.41) is 9.23. The first kappa shape index (κ1) is 8.44. The van der Waals surface area contributed by atoms with E-state index in [1.54, 1.807) is 0 Å². The van der Waals surface area contributed by atoms with Gasteiger partial charge in [-0.3, -0.25) is 5.32 Å². The summed E-state index contributed by atoms with van der Waals surface area (Å²) in [5.41, 5.74) is 3.40. The molecule has 2 aliphatic heterocycles. The highest BCUT2D eigenvalue weighted by Gasteiger charge is 2.38. The van der Waals surface area contributed by atoms with Crippen LogP contribution in [0.1, 0.15) is 20.8 Å². The second kappa shape index (κ2) is 2.96. The highest BCUT2D eigenvalue weighted by atomic mass is 15.7. The van der Waals surface area contributed by atoms with Crippen molar-refractivity contribution < 1.29 is 0 Å². The van der Waals surface area contributed by atoms with Gasteiger partial charge in [0.15, 0.2) is 0 Å². The van der Waals surface area contributed by atoms with Crippen molar-refractivity contribution in [2.24, 2.45) is 5.92 Å². The zero-order chi connectivity index (χ0) is 8.72. The van der Waals surface area contributed by atoms with Crippen LogP contribution in [-0.2, 0) is 0 Å². The van der Waals surface area contributed by atoms with Crippen molar-refractivity contribution in [3.8, 4) is 0 Å². The van der Waals surface area contributed by atoms with Crippen LogP contribution in [0.3, 0.4) is 0 Å². The van der Waals surface area contributed by atoms with Crippen LogP contribution in [0.4, 0.5) is 0 Å². The van der Waals surface area contributed by atoms with Crippen molar-refractivity contribution in [1.29, 1.82) is 0 Å². The minimum absolute atomic E-state index is 0.403. The molecule has 0 saturated carbocycles. The number of rotatable bonds is 0. The summed E-state index contributed by atoms with van der Waals surface area (Å²) in [6.07, 6.45) is 1.33. The monoisotopic (exact) mass is 170 g/mol. The van der Waals surface area contributed by atoms with Gasteiger partial charge in [-0.25, -0.2) is 10.4 Å². The van der Waals surface area contributed by atoms with Crippen LogP contribution in [0, 0.1) is 5.92 Å². The second-order valence-electron chi connectivity index (χ2n) is 3.93. The minimum atomic E-state index is 0.403. The van der Waals surface area contributed by atoms with Crippen LogP contribution in [0.2, 0.25) is 0 Å². The Morgan fingerprint density at radius 2 is 2.00 bits per heavy atom. The lowest BCUT2D eigenvalue weighted by atomic mass is 10.1. The fourth-order valence-corrected chi connectivity index (χ4v) is 2.04. The highest BCUT2D eigenvalue weighted by Crippen LogP contribution is 2.18. The van der Waals surface area contributed by atoms with Crippen molar-refractivity contribution in [2.45, 2.75) is 39.3 Å². The highest BCUT2D eigenvalue weighted by molar-refractivity contribution is 4.88. The largest absolute Gasteiger partial charge is 0.301 e. The van der Waals surface area contributed by atoms with Crippen molar-refractivity contribution in [3.05, 3.63) is 0 Å². The van der Waals surface area contributed by atoms with Gasteiger partial charge in [-0.2, -0.15) is 0 Å². The van der Waals surface area contributed by atoms with E-state index in [-0.39, 0.29) is 0 Å². The lowest BCUT2D eigenvalue weighted by molar-refractivity contribution is 0.0324. The molecule has 70 valence electrons. The summed E-state index contributed by atoms with van der Waals surface area (Å²) in [5.74, 6) is 0.665. The van der Waals surface area contributed by atoms with E-state index < -0.39 is 0 Å². The molecule has 4 nitrogen and oxygen atoms in total. The van der Waals surface area contributed by atoms with Gasteiger partial charge in [0.05, 0.1) is 18.5 Å². The van der Waals surface area contributed by atoms with E-state index in [0.29, 0.717) is 24.4 Å². The van der Waals surface area contributed by atoms with E-state index in [1.807, 2.05) is 0 Å². The Labute approximate surface area is 73.7 Å². The maximum Gasteiger partial charge on any atom is 0.0801 e. The molecule has 0 spiro atoms. The summed E-state index contributed by atoms with van der Waals surface area (Å²) in [6.45, 7) is 7.70. The van der Waals surface area contributed by atoms with E-state index >= 15 is 0 Å². The predicted octanol–water partition coefficient (Wildman–Crippen LogP) is -0.346. The number of nitrogens with one attached hydrogen (secondary N) is 3. The van der Waals surface area contributed by atoms with Crippen LogP contribution in [-0.4, -0.2) is 30.1 Å². The Hall–Kier alpha value is -0.160. The van der Waals surface area contributed by atoms with Gasteiger partial charge in [0, 0.05) is 6.54 Å². The lowest BCUT2D eigenvalue weighted by Gasteiger charge is -2.39. The van der Waals surface area contributed by atoms with Crippen LogP contribution in [0.15, 0.2) is 0 Å². The molecule has 4 heteroatoms. The molecular weight excluding hydrogens is 152 g/mol. The lowest BCUT2D eigenvalue weighted by Crippen LogP contribution is -2.61. The molecule has 2 fully saturated rings. The first-order chi connectivity index (χ1) is 5.68. The smallest absolute Gasteiger partial charge is 0.0801 e. The molecule has 0 aromatic rings. The third-order valence-electron chi connectivity index (χ3n) is 2.75. The average molecular weight is 170 g/mol. The van der Waals surface area contributed by atoms with Crippen molar-refractivity contribution in [1.82, 2.24) is 21.1 Å². The third-order valence-corrected chi connectivity index (χ3v) is 2.75. The molecule has 0 aromatic heterocycles. The molecular formula is C8H18N4. The van der Waals surface area contributed by atoms with Gasteiger partial charge in [-0.15, -0.1) is 0 Å². The van der Waals surface area contributed by atoms with Crippen LogP contribution in [0.25, 0.3) is 0 Å². The summed E-state index contributed by atoms with van der Waals surface area (Å²) in [4.78, 5) is 0. The number of hydrogen-bond acceptors (Lipinski definition) is 4. The Bertz CT molecular complexity index is 154. The first-order valence-electron chi connectivity index (χ1n) is 4.72. The Kier molecular flexibility index (Phi) is 2.08. The first-order valence-corrected chi connectivity index (χ1v) is 4.72. The molecule has 3 unspecified atom stereocenters. The molecule has 3 N–H and O–H groups in total. The molecule has 2 saturated heterocycles. The number of nitrogens with zero attached hydrogens (tertiary/aromatic N) is 1. The summed E-state index contributed by atoms with van der Waals surface area (Å²) < 4.78 is 0. The average Bonchev–Trinajstić information content (AvgIpc) is 2.41. The summed E-state index contributed by atoms with van der Waals surface area (Å²) in [7, 11) is 0. The van der Waals surface area contributed by atoms with Gasteiger partial charge in [-0.1, -0.05) is 6.92 Å². The number of hydrogen-bond donors (Lipinski definition) is 3. The van der Waals surface area contributed by atoms with E-state index in [1.165, 1.54) is 0 Å². The molecule has 12 heavy (non-hydrogen) atoms. The molecule has 4 atom stereocenters. The number of fused-ring (bicyclic) bond motifs is 1. The Morgan fingerprint density at radius 1 is 1.25 bits per heavy atom. The third kappa shape index (κ3) is 1.25. The predicted molar refractivity (Wildman–Crippen MR) is 48.0 cm³/mol. The summed E-state index contributed by atoms with van der Waals surface area (Å²) in [6, 6.07) is 0. The second-order valence-corrected chi connectivity index (χ2v) is 3.93. The van der Waals surface area contributed by atoms with Gasteiger partial charge >= 0.3 is 0 Å². The van der Waals surface area contributed by atoms with E-state index in [9.17, 15) is 0 Å². The van der Waals surface area contributed by atoms with Gasteiger partial charge in [0.2, 0.25) is 0 Å². The van der Waals surface area contributed by atoms with E-state index in [4.69, 9.17) is 0 Å². The Morgan fingerprint density at radius 3 is 2.67 bits per heavy atom. The molecule has 0 aromatic carbocycles. The molecule has 2 heterocycles. The van der Waals surface area contributed by atoms with Crippen LogP contribution >= 0.6 is 0 Å². The van der Waals surface area contributed by atoms with Gasteiger partial charge in [0.1, 0.15) is 0 Å². The molecule has 0 amide bonds. The zero-order valence-corrected chi connectivity index (χ0v) is 7.96. The minimum Gasteiger partial charge on any atom is -0.301 e. The van der Waals surface area contributed by atoms with Gasteiger partial charge < -0.3 is 5.32 Å². The van der Waals surface area contributed by atoms with Crippen molar-refractivity contribution >= 4 is 0 Å². The van der Waals surface area contributed by atoms with Crippen molar-refractivity contribution in [3.63, 3.8) is 0 Å².